The van der Waals surface area contributed by atoms with Gasteiger partial charge in [0.1, 0.15) is 12.4 Å². The Morgan fingerprint density at radius 2 is 1.96 bits per heavy atom. The molecule has 0 aliphatic carbocycles. The van der Waals surface area contributed by atoms with Crippen LogP contribution in [-0.4, -0.2) is 19.4 Å². The monoisotopic (exact) mass is 354 g/mol. The highest BCUT2D eigenvalue weighted by molar-refractivity contribution is 6.32. The van der Waals surface area contributed by atoms with Crippen molar-refractivity contribution in [3.05, 3.63) is 52.0 Å². The Kier molecular flexibility index (Phi) is 4.79. The first-order valence-electron chi connectivity index (χ1n) is 6.74. The van der Waals surface area contributed by atoms with Crippen molar-refractivity contribution in [1.29, 1.82) is 0 Å². The Morgan fingerprint density at radius 3 is 2.78 bits per heavy atom. The molecule has 0 spiro atoms. The summed E-state index contributed by atoms with van der Waals surface area (Å²) < 4.78 is 20.9. The Labute approximate surface area is 142 Å². The minimum Gasteiger partial charge on any atom is -0.480 e. The molecule has 0 N–H and O–H groups in total. The lowest BCUT2D eigenvalue weighted by Crippen LogP contribution is -2.14. The average molecular weight is 355 g/mol. The van der Waals surface area contributed by atoms with E-state index >= 15 is 0 Å². The molecule has 0 atom stereocenters. The third kappa shape index (κ3) is 3.81. The lowest BCUT2D eigenvalue weighted by Gasteiger charge is -2.09. The quantitative estimate of drug-likeness (QED) is 0.763. The maximum absolute atomic E-state index is 11.7. The Bertz CT molecular complexity index is 732. The first-order chi connectivity index (χ1) is 11.1. The molecule has 3 rings (SSSR count). The van der Waals surface area contributed by atoms with Crippen molar-refractivity contribution >= 4 is 29.2 Å². The van der Waals surface area contributed by atoms with E-state index in [0.717, 1.165) is 0 Å². The van der Waals surface area contributed by atoms with Crippen LogP contribution in [0.15, 0.2) is 36.4 Å². The zero-order valence-electron chi connectivity index (χ0n) is 11.9. The van der Waals surface area contributed by atoms with Crippen molar-refractivity contribution in [1.82, 2.24) is 0 Å². The van der Waals surface area contributed by atoms with Crippen LogP contribution in [0.25, 0.3) is 0 Å². The van der Waals surface area contributed by atoms with E-state index in [1.54, 1.807) is 36.4 Å². The number of carbonyl (C=O) groups excluding carboxylic acids is 1. The molecule has 0 unspecified atom stereocenters. The Hall–Kier alpha value is -2.11. The van der Waals surface area contributed by atoms with E-state index in [4.69, 9.17) is 42.1 Å². The van der Waals surface area contributed by atoms with Crippen molar-refractivity contribution < 1.29 is 23.7 Å². The summed E-state index contributed by atoms with van der Waals surface area (Å²) in [5.74, 6) is 0.954. The topological polar surface area (TPSA) is 54.0 Å². The van der Waals surface area contributed by atoms with Crippen LogP contribution in [0.1, 0.15) is 5.56 Å². The van der Waals surface area contributed by atoms with E-state index < -0.39 is 5.97 Å². The zero-order valence-corrected chi connectivity index (χ0v) is 13.4. The fourth-order valence-corrected chi connectivity index (χ4v) is 2.49. The van der Waals surface area contributed by atoms with Gasteiger partial charge in [-0.25, -0.2) is 4.79 Å². The van der Waals surface area contributed by atoms with Gasteiger partial charge < -0.3 is 18.9 Å². The van der Waals surface area contributed by atoms with E-state index in [1.807, 2.05) is 0 Å². The number of halogens is 2. The molecule has 2 aromatic rings. The largest absolute Gasteiger partial charge is 0.480 e. The molecule has 0 saturated heterocycles. The normalized spacial score (nSPS) is 12.1. The van der Waals surface area contributed by atoms with E-state index in [0.29, 0.717) is 32.9 Å². The van der Waals surface area contributed by atoms with E-state index in [-0.39, 0.29) is 20.0 Å². The maximum Gasteiger partial charge on any atom is 0.344 e. The SMILES string of the molecule is O=C(COc1ccccc1Cl)OCc1cc(Cl)c2c(c1)OCO2. The predicted octanol–water partition coefficient (Wildman–Crippen LogP) is 3.84. The third-order valence-electron chi connectivity index (χ3n) is 3.07. The standard InChI is InChI=1S/C16H12Cl2O5/c17-11-3-1-2-4-13(11)20-8-15(19)21-7-10-5-12(18)16-14(6-10)22-9-23-16/h1-6H,7-9H2. The highest BCUT2D eigenvalue weighted by atomic mass is 35.5. The summed E-state index contributed by atoms with van der Waals surface area (Å²) >= 11 is 12.0. The van der Waals surface area contributed by atoms with Crippen LogP contribution >= 0.6 is 23.2 Å². The molecule has 7 heteroatoms. The highest BCUT2D eigenvalue weighted by Crippen LogP contribution is 2.39. The second-order valence-electron chi connectivity index (χ2n) is 4.69. The van der Waals surface area contributed by atoms with Gasteiger partial charge in [-0.15, -0.1) is 0 Å². The molecule has 0 saturated carbocycles. The number of hydrogen-bond acceptors (Lipinski definition) is 5. The van der Waals surface area contributed by atoms with Crippen molar-refractivity contribution in [2.45, 2.75) is 6.61 Å². The summed E-state index contributed by atoms with van der Waals surface area (Å²) in [6.07, 6.45) is 0. The van der Waals surface area contributed by atoms with Crippen molar-refractivity contribution in [2.75, 3.05) is 13.4 Å². The first-order valence-corrected chi connectivity index (χ1v) is 7.50. The molecule has 0 amide bonds. The molecular weight excluding hydrogens is 343 g/mol. The van der Waals surface area contributed by atoms with Gasteiger partial charge in [-0.05, 0) is 29.8 Å². The molecule has 0 aromatic heterocycles. The van der Waals surface area contributed by atoms with E-state index in [1.165, 1.54) is 0 Å². The number of ether oxygens (including phenoxy) is 4. The molecule has 2 aromatic carbocycles. The van der Waals surface area contributed by atoms with Crippen LogP contribution in [0, 0.1) is 0 Å². The lowest BCUT2D eigenvalue weighted by molar-refractivity contribution is -0.147. The molecule has 0 fully saturated rings. The van der Waals surface area contributed by atoms with Gasteiger partial charge in [-0.1, -0.05) is 35.3 Å². The maximum atomic E-state index is 11.7. The number of hydrogen-bond donors (Lipinski definition) is 0. The number of esters is 1. The minimum atomic E-state index is -0.515. The van der Waals surface area contributed by atoms with Gasteiger partial charge in [0.25, 0.3) is 0 Å². The van der Waals surface area contributed by atoms with Gasteiger partial charge in [0, 0.05) is 0 Å². The molecule has 23 heavy (non-hydrogen) atoms. The Morgan fingerprint density at radius 1 is 1.13 bits per heavy atom. The van der Waals surface area contributed by atoms with Gasteiger partial charge in [0.05, 0.1) is 10.0 Å². The van der Waals surface area contributed by atoms with Gasteiger partial charge >= 0.3 is 5.97 Å². The van der Waals surface area contributed by atoms with Crippen LogP contribution in [0.4, 0.5) is 0 Å². The molecular formula is C16H12Cl2O5. The van der Waals surface area contributed by atoms with Crippen LogP contribution < -0.4 is 14.2 Å². The summed E-state index contributed by atoms with van der Waals surface area (Å²) in [7, 11) is 0. The Balaban J connectivity index is 1.53. The number of carbonyl (C=O) groups is 1. The zero-order chi connectivity index (χ0) is 16.2. The van der Waals surface area contributed by atoms with Gasteiger partial charge in [0.2, 0.25) is 6.79 Å². The molecule has 120 valence electrons. The summed E-state index contributed by atoms with van der Waals surface area (Å²) in [5.41, 5.74) is 0.699. The van der Waals surface area contributed by atoms with Crippen LogP contribution in [-0.2, 0) is 16.1 Å². The highest BCUT2D eigenvalue weighted by Gasteiger charge is 2.18. The van der Waals surface area contributed by atoms with Crippen molar-refractivity contribution in [3.63, 3.8) is 0 Å². The fraction of sp³-hybridized carbons (Fsp3) is 0.188. The smallest absolute Gasteiger partial charge is 0.344 e. The lowest BCUT2D eigenvalue weighted by atomic mass is 10.2. The van der Waals surface area contributed by atoms with Crippen molar-refractivity contribution in [2.24, 2.45) is 0 Å². The molecule has 1 heterocycles. The van der Waals surface area contributed by atoms with Gasteiger partial charge in [-0.3, -0.25) is 0 Å². The summed E-state index contributed by atoms with van der Waals surface area (Å²) in [5, 5.41) is 0.848. The van der Waals surface area contributed by atoms with Crippen molar-refractivity contribution in [3.8, 4) is 17.2 Å². The molecule has 1 aliphatic rings. The second kappa shape index (κ2) is 6.98. The molecule has 0 bridgehead atoms. The predicted molar refractivity (Wildman–Crippen MR) is 84.3 cm³/mol. The summed E-state index contributed by atoms with van der Waals surface area (Å²) in [6, 6.07) is 10.3. The fourth-order valence-electron chi connectivity index (χ4n) is 2.01. The summed E-state index contributed by atoms with van der Waals surface area (Å²) in [6.45, 7) is -0.0485. The first kappa shape index (κ1) is 15.8. The van der Waals surface area contributed by atoms with Crippen LogP contribution in [0.2, 0.25) is 10.0 Å². The second-order valence-corrected chi connectivity index (χ2v) is 5.51. The molecule has 0 radical (unpaired) electrons. The number of para-hydroxylation sites is 1. The molecule has 5 nitrogen and oxygen atoms in total. The van der Waals surface area contributed by atoms with Gasteiger partial charge in [-0.2, -0.15) is 0 Å². The van der Waals surface area contributed by atoms with Crippen LogP contribution in [0.5, 0.6) is 17.2 Å². The van der Waals surface area contributed by atoms with E-state index in [9.17, 15) is 4.79 Å². The average Bonchev–Trinajstić information content (AvgIpc) is 3.01. The number of fused-ring (bicyclic) bond motifs is 1. The van der Waals surface area contributed by atoms with Crippen LogP contribution in [0.3, 0.4) is 0 Å². The third-order valence-corrected chi connectivity index (χ3v) is 3.66. The molecule has 1 aliphatic heterocycles. The summed E-state index contributed by atoms with van der Waals surface area (Å²) in [4.78, 5) is 11.7. The minimum absolute atomic E-state index is 0.0566. The van der Waals surface area contributed by atoms with Gasteiger partial charge in [0.15, 0.2) is 18.1 Å². The van der Waals surface area contributed by atoms with E-state index in [2.05, 4.69) is 0 Å². The number of benzene rings is 2. The number of rotatable bonds is 5.